The van der Waals surface area contributed by atoms with Crippen LogP contribution in [-0.4, -0.2) is 9.78 Å². The summed E-state index contributed by atoms with van der Waals surface area (Å²) in [7, 11) is 0. The number of hydrogen-bond acceptors (Lipinski definition) is 2. The number of halogens is 3. The first-order chi connectivity index (χ1) is 7.70. The van der Waals surface area contributed by atoms with Crippen LogP contribution in [0.5, 0.6) is 0 Å². The fourth-order valence-electron chi connectivity index (χ4n) is 1.47. The minimum Gasteiger partial charge on any atom is -0.326 e. The van der Waals surface area contributed by atoms with E-state index in [2.05, 4.69) is 5.10 Å². The van der Waals surface area contributed by atoms with Crippen LogP contribution in [0, 0.1) is 0 Å². The van der Waals surface area contributed by atoms with Crippen LogP contribution >= 0.6 is 12.4 Å². The van der Waals surface area contributed by atoms with Crippen molar-refractivity contribution in [2.24, 2.45) is 5.73 Å². The topological polar surface area (TPSA) is 43.8 Å². The first kappa shape index (κ1) is 13.6. The second kappa shape index (κ2) is 5.75. The lowest BCUT2D eigenvalue weighted by Gasteiger charge is -2.00. The molecule has 1 aromatic carbocycles. The van der Waals surface area contributed by atoms with Crippen LogP contribution in [0.1, 0.15) is 12.1 Å². The standard InChI is InChI=1S/C11H11F2N3.ClH/c12-11(13)16-7-10(6-15-16)9-3-1-2-8(4-9)5-14;/h1-4,6-7,11H,5,14H2;1H. The monoisotopic (exact) mass is 259 g/mol. The van der Waals surface area contributed by atoms with Crippen molar-refractivity contribution < 1.29 is 8.78 Å². The lowest BCUT2D eigenvalue weighted by atomic mass is 10.1. The fourth-order valence-corrected chi connectivity index (χ4v) is 1.47. The molecule has 2 rings (SSSR count). The minimum absolute atomic E-state index is 0. The highest BCUT2D eigenvalue weighted by Crippen LogP contribution is 2.21. The Morgan fingerprint density at radius 3 is 2.65 bits per heavy atom. The van der Waals surface area contributed by atoms with Crippen molar-refractivity contribution >= 4 is 12.4 Å². The van der Waals surface area contributed by atoms with E-state index in [1.165, 1.54) is 12.4 Å². The Bertz CT molecular complexity index is 485. The molecule has 0 aliphatic carbocycles. The molecule has 0 fully saturated rings. The van der Waals surface area contributed by atoms with Crippen LogP contribution < -0.4 is 5.73 Å². The number of nitrogens with two attached hydrogens (primary N) is 1. The molecule has 0 spiro atoms. The van der Waals surface area contributed by atoms with Crippen LogP contribution in [0.3, 0.4) is 0 Å². The molecule has 0 aliphatic rings. The van der Waals surface area contributed by atoms with Gasteiger partial charge in [0.1, 0.15) is 0 Å². The molecule has 6 heteroatoms. The number of alkyl halides is 2. The third-order valence-corrected chi connectivity index (χ3v) is 2.30. The predicted molar refractivity (Wildman–Crippen MR) is 64.1 cm³/mol. The van der Waals surface area contributed by atoms with Gasteiger partial charge in [-0.1, -0.05) is 18.2 Å². The van der Waals surface area contributed by atoms with Crippen molar-refractivity contribution in [2.75, 3.05) is 0 Å². The van der Waals surface area contributed by atoms with E-state index in [0.717, 1.165) is 11.1 Å². The van der Waals surface area contributed by atoms with Gasteiger partial charge in [0.25, 0.3) is 0 Å². The Kier molecular flexibility index (Phi) is 4.60. The van der Waals surface area contributed by atoms with Gasteiger partial charge in [0.05, 0.1) is 6.20 Å². The molecule has 0 saturated carbocycles. The minimum atomic E-state index is -2.61. The van der Waals surface area contributed by atoms with Crippen molar-refractivity contribution in [1.29, 1.82) is 0 Å². The maximum atomic E-state index is 12.3. The van der Waals surface area contributed by atoms with Crippen LogP contribution in [0.2, 0.25) is 0 Å². The van der Waals surface area contributed by atoms with E-state index in [4.69, 9.17) is 5.73 Å². The Balaban J connectivity index is 0.00000144. The fraction of sp³-hybridized carbons (Fsp3) is 0.182. The van der Waals surface area contributed by atoms with E-state index in [-0.39, 0.29) is 12.4 Å². The highest BCUT2D eigenvalue weighted by molar-refractivity contribution is 5.85. The SMILES string of the molecule is Cl.NCc1cccc(-c2cnn(C(F)F)c2)c1. The summed E-state index contributed by atoms with van der Waals surface area (Å²) in [6.07, 6.45) is 2.74. The van der Waals surface area contributed by atoms with Gasteiger partial charge in [-0.15, -0.1) is 12.4 Å². The van der Waals surface area contributed by atoms with Crippen molar-refractivity contribution in [3.8, 4) is 11.1 Å². The van der Waals surface area contributed by atoms with Crippen molar-refractivity contribution in [2.45, 2.75) is 13.1 Å². The molecule has 0 unspecified atom stereocenters. The second-order valence-electron chi connectivity index (χ2n) is 3.39. The molecule has 1 heterocycles. The molecule has 0 atom stereocenters. The maximum Gasteiger partial charge on any atom is 0.333 e. The average molecular weight is 260 g/mol. The largest absolute Gasteiger partial charge is 0.333 e. The van der Waals surface area contributed by atoms with E-state index in [1.54, 1.807) is 0 Å². The highest BCUT2D eigenvalue weighted by Gasteiger charge is 2.08. The van der Waals surface area contributed by atoms with Gasteiger partial charge in [0, 0.05) is 18.3 Å². The van der Waals surface area contributed by atoms with Gasteiger partial charge in [-0.25, -0.2) is 4.68 Å². The number of benzene rings is 1. The lowest BCUT2D eigenvalue weighted by Crippen LogP contribution is -1.97. The van der Waals surface area contributed by atoms with E-state index >= 15 is 0 Å². The normalized spacial score (nSPS) is 10.4. The quantitative estimate of drug-likeness (QED) is 0.921. The summed E-state index contributed by atoms with van der Waals surface area (Å²) in [5.41, 5.74) is 7.97. The van der Waals surface area contributed by atoms with Crippen LogP contribution in [0.4, 0.5) is 8.78 Å². The molecular weight excluding hydrogens is 248 g/mol. The van der Waals surface area contributed by atoms with E-state index in [1.807, 2.05) is 24.3 Å². The number of nitrogens with zero attached hydrogens (tertiary/aromatic N) is 2. The van der Waals surface area contributed by atoms with Gasteiger partial charge in [0.2, 0.25) is 0 Å². The molecule has 92 valence electrons. The van der Waals surface area contributed by atoms with Crippen molar-refractivity contribution in [1.82, 2.24) is 9.78 Å². The molecule has 0 aliphatic heterocycles. The summed E-state index contributed by atoms with van der Waals surface area (Å²) in [4.78, 5) is 0. The Morgan fingerprint density at radius 1 is 1.29 bits per heavy atom. The van der Waals surface area contributed by atoms with E-state index < -0.39 is 6.55 Å². The Labute approximate surface area is 104 Å². The molecule has 0 saturated heterocycles. The summed E-state index contributed by atoms with van der Waals surface area (Å²) in [5, 5.41) is 3.58. The van der Waals surface area contributed by atoms with Gasteiger partial charge in [-0.3, -0.25) is 0 Å². The maximum absolute atomic E-state index is 12.3. The zero-order valence-corrected chi connectivity index (χ0v) is 9.70. The molecule has 0 bridgehead atoms. The number of hydrogen-bond donors (Lipinski definition) is 1. The van der Waals surface area contributed by atoms with Crippen molar-refractivity contribution in [3.63, 3.8) is 0 Å². The van der Waals surface area contributed by atoms with Crippen LogP contribution in [-0.2, 0) is 6.54 Å². The third kappa shape index (κ3) is 3.01. The number of aromatic nitrogens is 2. The van der Waals surface area contributed by atoms with Crippen molar-refractivity contribution in [3.05, 3.63) is 42.2 Å². The Morgan fingerprint density at radius 2 is 2.06 bits per heavy atom. The zero-order chi connectivity index (χ0) is 11.5. The van der Waals surface area contributed by atoms with E-state index in [9.17, 15) is 8.78 Å². The van der Waals surface area contributed by atoms with Gasteiger partial charge in [-0.05, 0) is 17.2 Å². The van der Waals surface area contributed by atoms with Crippen LogP contribution in [0.15, 0.2) is 36.7 Å². The summed E-state index contributed by atoms with van der Waals surface area (Å²) in [6, 6.07) is 7.44. The molecule has 0 radical (unpaired) electrons. The molecular formula is C11H12ClF2N3. The smallest absolute Gasteiger partial charge is 0.326 e. The predicted octanol–water partition coefficient (Wildman–Crippen LogP) is 2.83. The molecule has 3 nitrogen and oxygen atoms in total. The van der Waals surface area contributed by atoms with Gasteiger partial charge >= 0.3 is 6.55 Å². The Hall–Kier alpha value is -1.46. The zero-order valence-electron chi connectivity index (χ0n) is 8.88. The molecule has 2 aromatic rings. The molecule has 17 heavy (non-hydrogen) atoms. The second-order valence-corrected chi connectivity index (χ2v) is 3.39. The van der Waals surface area contributed by atoms with Crippen LogP contribution in [0.25, 0.3) is 11.1 Å². The summed E-state index contributed by atoms with van der Waals surface area (Å²) in [5.74, 6) is 0. The molecule has 2 N–H and O–H groups in total. The summed E-state index contributed by atoms with van der Waals surface area (Å²) >= 11 is 0. The van der Waals surface area contributed by atoms with E-state index in [0.29, 0.717) is 16.8 Å². The number of rotatable bonds is 3. The summed E-state index contributed by atoms with van der Waals surface area (Å²) in [6.45, 7) is -2.18. The van der Waals surface area contributed by atoms with Gasteiger partial charge in [-0.2, -0.15) is 13.9 Å². The molecule has 0 amide bonds. The van der Waals surface area contributed by atoms with Gasteiger partial charge < -0.3 is 5.73 Å². The first-order valence-electron chi connectivity index (χ1n) is 4.82. The summed E-state index contributed by atoms with van der Waals surface area (Å²) < 4.78 is 25.3. The highest BCUT2D eigenvalue weighted by atomic mass is 35.5. The lowest BCUT2D eigenvalue weighted by molar-refractivity contribution is 0.0566. The van der Waals surface area contributed by atoms with Gasteiger partial charge in [0.15, 0.2) is 0 Å². The third-order valence-electron chi connectivity index (χ3n) is 2.30. The first-order valence-corrected chi connectivity index (χ1v) is 4.82. The average Bonchev–Trinajstić information content (AvgIpc) is 2.78. The molecule has 1 aromatic heterocycles.